The first kappa shape index (κ1) is 66.7. The van der Waals surface area contributed by atoms with Gasteiger partial charge in [0.2, 0.25) is 0 Å². The lowest BCUT2D eigenvalue weighted by molar-refractivity contribution is 1.32. The zero-order valence-corrected chi connectivity index (χ0v) is 61.5. The van der Waals surface area contributed by atoms with Gasteiger partial charge in [0.15, 0.2) is 0 Å². The second kappa shape index (κ2) is 29.1. The third-order valence-electron chi connectivity index (χ3n) is 22.4. The third-order valence-corrected chi connectivity index (χ3v) is 22.4. The molecule has 0 unspecified atom stereocenters. The van der Waals surface area contributed by atoms with Crippen LogP contribution in [0.25, 0.3) is 210 Å². The van der Waals surface area contributed by atoms with Gasteiger partial charge < -0.3 is 0 Å². The molecular formula is C110H72N2. The topological polar surface area (TPSA) is 25.8 Å². The van der Waals surface area contributed by atoms with Crippen molar-refractivity contribution in [3.63, 3.8) is 0 Å². The molecule has 0 spiro atoms. The van der Waals surface area contributed by atoms with Crippen LogP contribution in [-0.4, -0.2) is 9.97 Å². The van der Waals surface area contributed by atoms with E-state index in [1.54, 1.807) is 0 Å². The van der Waals surface area contributed by atoms with Crippen molar-refractivity contribution >= 4 is 43.1 Å². The van der Waals surface area contributed by atoms with E-state index in [1.165, 1.54) is 121 Å². The first-order valence-electron chi connectivity index (χ1n) is 38.5. The lowest BCUT2D eigenvalue weighted by Gasteiger charge is -2.21. The van der Waals surface area contributed by atoms with E-state index in [-0.39, 0.29) is 0 Å². The summed E-state index contributed by atoms with van der Waals surface area (Å²) in [5, 5.41) is 9.57. The molecule has 0 atom stereocenters. The van der Waals surface area contributed by atoms with Crippen LogP contribution in [0.1, 0.15) is 0 Å². The Labute approximate surface area is 652 Å². The highest BCUT2D eigenvalue weighted by atomic mass is 14.7. The van der Waals surface area contributed by atoms with Crippen molar-refractivity contribution in [2.75, 3.05) is 0 Å². The van der Waals surface area contributed by atoms with Crippen LogP contribution in [0.15, 0.2) is 437 Å². The highest BCUT2D eigenvalue weighted by Crippen LogP contribution is 2.51. The maximum atomic E-state index is 5.23. The van der Waals surface area contributed by atoms with Gasteiger partial charge in [-0.3, -0.25) is 9.97 Å². The Morgan fingerprint density at radius 3 is 0.857 bits per heavy atom. The Hall–Kier alpha value is -14.7. The van der Waals surface area contributed by atoms with Crippen LogP contribution in [0, 0.1) is 0 Å². The summed E-state index contributed by atoms with van der Waals surface area (Å²) in [6, 6.07) is 154. The summed E-state index contributed by atoms with van der Waals surface area (Å²) >= 11 is 0. The summed E-state index contributed by atoms with van der Waals surface area (Å²) in [6.07, 6.45) is 5.79. The standard InChI is InChI=1S/C110H72N2/c1-6-26-73(27-7-1)88-63-89(74-28-8-2-9-29-74)66-92(65-88)107-98-43-20-21-44-99(98)108(104-69-84(55-58-102(104)107)76-47-49-78(50-48-76)86-38-25-61-111-71-86)93-67-90(75-30-10-3-11-31-75)64-91(68-93)83-37-24-36-82(62-83)87-57-60-106(112-72-87)81-53-51-77(52-54-81)85-56-59-103-105(70-85)110(97-42-19-17-40-95(97)80-34-14-5-15-35-80)101-46-23-22-45-100(101)109(103)96-41-18-16-39-94(96)79-32-12-4-13-33-79/h1-72H. The summed E-state index contributed by atoms with van der Waals surface area (Å²) in [7, 11) is 0. The van der Waals surface area contributed by atoms with Crippen molar-refractivity contribution in [2.24, 2.45) is 0 Å². The summed E-state index contributed by atoms with van der Waals surface area (Å²) in [5.74, 6) is 0. The largest absolute Gasteiger partial charge is 0.264 e. The van der Waals surface area contributed by atoms with Gasteiger partial charge in [0.05, 0.1) is 5.69 Å². The van der Waals surface area contributed by atoms with E-state index >= 15 is 0 Å². The average molecular weight is 1420 g/mol. The molecule has 0 amide bonds. The highest BCUT2D eigenvalue weighted by Gasteiger charge is 2.24. The molecule has 522 valence electrons. The average Bonchev–Trinajstić information content (AvgIpc) is 0.729. The van der Waals surface area contributed by atoms with Gasteiger partial charge in [-0.1, -0.05) is 352 Å². The monoisotopic (exact) mass is 1420 g/mol. The second-order valence-electron chi connectivity index (χ2n) is 29.0. The van der Waals surface area contributed by atoms with Gasteiger partial charge in [-0.2, -0.15) is 0 Å². The fourth-order valence-electron chi connectivity index (χ4n) is 17.0. The van der Waals surface area contributed by atoms with Gasteiger partial charge in [-0.25, -0.2) is 0 Å². The minimum absolute atomic E-state index is 0.911. The normalized spacial score (nSPS) is 11.4. The molecule has 2 aromatic heterocycles. The van der Waals surface area contributed by atoms with Crippen LogP contribution < -0.4 is 0 Å². The summed E-state index contributed by atoms with van der Waals surface area (Å²) in [6.45, 7) is 0. The second-order valence-corrected chi connectivity index (χ2v) is 29.0. The van der Waals surface area contributed by atoms with E-state index in [0.717, 1.165) is 89.1 Å². The zero-order valence-electron chi connectivity index (χ0n) is 61.5. The van der Waals surface area contributed by atoms with Crippen LogP contribution in [0.3, 0.4) is 0 Å². The first-order chi connectivity index (χ1) is 55.5. The maximum absolute atomic E-state index is 5.23. The number of benzene rings is 18. The molecule has 0 saturated heterocycles. The van der Waals surface area contributed by atoms with Crippen LogP contribution >= 0.6 is 0 Å². The van der Waals surface area contributed by atoms with Crippen LogP contribution in [0.2, 0.25) is 0 Å². The Bertz CT molecular complexity index is 6840. The van der Waals surface area contributed by atoms with Crippen molar-refractivity contribution in [1.82, 2.24) is 9.97 Å². The van der Waals surface area contributed by atoms with Crippen molar-refractivity contribution in [3.05, 3.63) is 437 Å². The Kier molecular flexibility index (Phi) is 17.3. The molecular weight excluding hydrogens is 1350 g/mol. The molecule has 112 heavy (non-hydrogen) atoms. The number of hydrogen-bond donors (Lipinski definition) is 0. The molecule has 0 aliphatic carbocycles. The van der Waals surface area contributed by atoms with Crippen molar-refractivity contribution in [1.29, 1.82) is 0 Å². The summed E-state index contributed by atoms with van der Waals surface area (Å²) in [5.41, 5.74) is 34.4. The predicted molar refractivity (Wildman–Crippen MR) is 474 cm³/mol. The number of aromatic nitrogens is 2. The molecule has 0 N–H and O–H groups in total. The van der Waals surface area contributed by atoms with Gasteiger partial charge in [0.25, 0.3) is 0 Å². The van der Waals surface area contributed by atoms with E-state index in [1.807, 2.05) is 24.7 Å². The molecule has 20 aromatic rings. The predicted octanol–water partition coefficient (Wildman–Crippen LogP) is 30.1. The van der Waals surface area contributed by atoms with Gasteiger partial charge in [-0.15, -0.1) is 0 Å². The maximum Gasteiger partial charge on any atom is 0.0702 e. The molecule has 0 saturated carbocycles. The quantitative estimate of drug-likeness (QED) is 0.0956. The van der Waals surface area contributed by atoms with E-state index < -0.39 is 0 Å². The summed E-state index contributed by atoms with van der Waals surface area (Å²) in [4.78, 5) is 9.67. The zero-order chi connectivity index (χ0) is 74.3. The molecule has 20 rings (SSSR count). The lowest BCUT2D eigenvalue weighted by Crippen LogP contribution is -1.94. The fraction of sp³-hybridized carbons (Fsp3) is 0. The lowest BCUT2D eigenvalue weighted by atomic mass is 9.81. The van der Waals surface area contributed by atoms with Crippen LogP contribution in [0.5, 0.6) is 0 Å². The Morgan fingerprint density at radius 2 is 0.411 bits per heavy atom. The molecule has 2 heteroatoms. The van der Waals surface area contributed by atoms with Gasteiger partial charge >= 0.3 is 0 Å². The molecule has 18 aromatic carbocycles. The van der Waals surface area contributed by atoms with E-state index in [2.05, 4.69) is 417 Å². The van der Waals surface area contributed by atoms with Crippen LogP contribution in [-0.2, 0) is 0 Å². The summed E-state index contributed by atoms with van der Waals surface area (Å²) < 4.78 is 0. The molecule has 0 fully saturated rings. The number of pyridine rings is 2. The smallest absolute Gasteiger partial charge is 0.0702 e. The Morgan fingerprint density at radius 1 is 0.134 bits per heavy atom. The number of nitrogens with zero attached hydrogens (tertiary/aromatic N) is 2. The fourth-order valence-corrected chi connectivity index (χ4v) is 17.0. The third kappa shape index (κ3) is 12.6. The minimum Gasteiger partial charge on any atom is -0.264 e. The molecule has 0 radical (unpaired) electrons. The highest BCUT2D eigenvalue weighted by molar-refractivity contribution is 6.25. The minimum atomic E-state index is 0.911. The van der Waals surface area contributed by atoms with Crippen molar-refractivity contribution < 1.29 is 0 Å². The van der Waals surface area contributed by atoms with Crippen molar-refractivity contribution in [3.8, 4) is 167 Å². The molecule has 0 bridgehead atoms. The van der Waals surface area contributed by atoms with Gasteiger partial charge in [0, 0.05) is 29.7 Å². The van der Waals surface area contributed by atoms with E-state index in [0.29, 0.717) is 0 Å². The SMILES string of the molecule is c1ccc(-c2cc(-c3ccccc3)cc(-c3c4ccccc4c(-c4cc(-c5ccccc5)cc(-c5cccc(-c6ccc(-c7ccc(-c8ccc9c(-c%10ccccc%10-c%10ccccc%10)c%10ccccc%10c(-c%10ccccc%10-c%10ccccc%10)c9c8)cc7)nc6)c5)c4)c4cc(-c5ccc(-c6cccnc6)cc5)ccc34)c2)cc1. The Balaban J connectivity index is 0.683. The van der Waals surface area contributed by atoms with Crippen LogP contribution in [0.4, 0.5) is 0 Å². The first-order valence-corrected chi connectivity index (χ1v) is 38.5. The van der Waals surface area contributed by atoms with Gasteiger partial charge in [-0.05, 0) is 260 Å². The van der Waals surface area contributed by atoms with E-state index in [9.17, 15) is 0 Å². The molecule has 0 aliphatic rings. The number of rotatable bonds is 15. The van der Waals surface area contributed by atoms with Crippen molar-refractivity contribution in [2.45, 2.75) is 0 Å². The molecule has 2 heterocycles. The number of hydrogen-bond acceptors (Lipinski definition) is 2. The molecule has 2 nitrogen and oxygen atoms in total. The van der Waals surface area contributed by atoms with Gasteiger partial charge in [0.1, 0.15) is 0 Å². The molecule has 0 aliphatic heterocycles. The number of fused-ring (bicyclic) bond motifs is 4. The van der Waals surface area contributed by atoms with E-state index in [4.69, 9.17) is 4.98 Å².